The maximum Gasteiger partial charge on any atom is 0.418 e. The molecule has 0 amide bonds. The van der Waals surface area contributed by atoms with Gasteiger partial charge in [-0.1, -0.05) is 29.8 Å². The number of amidine groups is 1. The number of nitrogens with one attached hydrogen (secondary N) is 1. The van der Waals surface area contributed by atoms with E-state index in [4.69, 9.17) is 11.6 Å². The van der Waals surface area contributed by atoms with Gasteiger partial charge in [-0.25, -0.2) is 4.99 Å². The SMILES string of the molecule is O=[N+]([O-])c1cc(C(F)(F)F)c(Cl)c([N+](=O)[O-])c1N=C(NO)c1cccc(CC(F)(F)F)c1. The highest BCUT2D eigenvalue weighted by Crippen LogP contribution is 2.48. The van der Waals surface area contributed by atoms with Crippen LogP contribution in [0.4, 0.5) is 43.4 Å². The molecule has 2 rings (SSSR count). The molecule has 0 atom stereocenters. The van der Waals surface area contributed by atoms with Crippen molar-refractivity contribution in [2.45, 2.75) is 18.8 Å². The topological polar surface area (TPSA) is 131 Å². The van der Waals surface area contributed by atoms with E-state index in [1.807, 2.05) is 0 Å². The number of halogens is 7. The maximum atomic E-state index is 13.1. The molecule has 0 spiro atoms. The number of nitro groups is 2. The minimum absolute atomic E-state index is 0.0801. The largest absolute Gasteiger partial charge is 0.418 e. The maximum absolute atomic E-state index is 13.1. The average molecular weight is 487 g/mol. The van der Waals surface area contributed by atoms with Crippen molar-refractivity contribution in [1.82, 2.24) is 5.48 Å². The molecule has 0 aromatic heterocycles. The zero-order valence-electron chi connectivity index (χ0n) is 15.2. The number of nitrogens with zero attached hydrogens (tertiary/aromatic N) is 3. The Bertz CT molecular complexity index is 1100. The highest BCUT2D eigenvalue weighted by Gasteiger charge is 2.42. The lowest BCUT2D eigenvalue weighted by Crippen LogP contribution is -2.21. The van der Waals surface area contributed by atoms with Crippen molar-refractivity contribution in [1.29, 1.82) is 0 Å². The number of nitro benzene ring substituents is 2. The van der Waals surface area contributed by atoms with Crippen molar-refractivity contribution < 1.29 is 41.4 Å². The van der Waals surface area contributed by atoms with Gasteiger partial charge < -0.3 is 0 Å². The van der Waals surface area contributed by atoms with E-state index in [9.17, 15) is 51.8 Å². The summed E-state index contributed by atoms with van der Waals surface area (Å²) in [5.74, 6) is -0.823. The molecule has 32 heavy (non-hydrogen) atoms. The fourth-order valence-corrected chi connectivity index (χ4v) is 2.89. The van der Waals surface area contributed by atoms with Gasteiger partial charge in [-0.15, -0.1) is 0 Å². The van der Waals surface area contributed by atoms with E-state index in [1.54, 1.807) is 0 Å². The number of hydrogen-bond acceptors (Lipinski definition) is 6. The van der Waals surface area contributed by atoms with E-state index in [1.165, 1.54) is 5.48 Å². The summed E-state index contributed by atoms with van der Waals surface area (Å²) in [6.45, 7) is 0. The molecular weight excluding hydrogens is 478 g/mol. The summed E-state index contributed by atoms with van der Waals surface area (Å²) in [7, 11) is 0. The van der Waals surface area contributed by atoms with E-state index < -0.39 is 62.1 Å². The molecule has 0 aliphatic carbocycles. The normalized spacial score (nSPS) is 12.6. The summed E-state index contributed by atoms with van der Waals surface area (Å²) < 4.78 is 77.2. The monoisotopic (exact) mass is 486 g/mol. The van der Waals surface area contributed by atoms with Gasteiger partial charge in [-0.05, 0) is 11.6 Å². The van der Waals surface area contributed by atoms with Gasteiger partial charge in [0.25, 0.3) is 0 Å². The predicted octanol–water partition coefficient (Wildman–Crippen LogP) is 5.34. The smallest absolute Gasteiger partial charge is 0.290 e. The number of rotatable bonds is 5. The van der Waals surface area contributed by atoms with Crippen LogP contribution in [0.3, 0.4) is 0 Å². The van der Waals surface area contributed by atoms with Gasteiger partial charge in [0.15, 0.2) is 5.84 Å². The first kappa shape index (κ1) is 24.8. The van der Waals surface area contributed by atoms with Crippen LogP contribution in [0.25, 0.3) is 0 Å². The second-order valence-electron chi connectivity index (χ2n) is 6.03. The molecular formula is C16H9ClF6N4O5. The van der Waals surface area contributed by atoms with Crippen LogP contribution in [-0.2, 0) is 12.6 Å². The molecule has 0 bridgehead atoms. The van der Waals surface area contributed by atoms with Crippen LogP contribution < -0.4 is 5.48 Å². The lowest BCUT2D eigenvalue weighted by molar-refractivity contribution is -0.392. The standard InChI is InChI=1S/C16H9ClF6N4O5/c17-11-9(16(21,22)23)5-10(26(29)30)12(13(11)27(31)32)24-14(25-28)8-3-1-2-7(4-8)6-15(18,19)20/h1-5,28H,6H2,(H,24,25). The van der Waals surface area contributed by atoms with Crippen LogP contribution in [0.2, 0.25) is 5.02 Å². The second kappa shape index (κ2) is 8.96. The van der Waals surface area contributed by atoms with Crippen LogP contribution in [0, 0.1) is 20.2 Å². The Balaban J connectivity index is 2.80. The molecule has 0 radical (unpaired) electrons. The number of hydrogen-bond donors (Lipinski definition) is 2. The van der Waals surface area contributed by atoms with Crippen LogP contribution in [0.5, 0.6) is 0 Å². The fraction of sp³-hybridized carbons (Fsp3) is 0.188. The summed E-state index contributed by atoms with van der Waals surface area (Å²) in [5.41, 5.74) is -5.44. The first-order valence-corrected chi connectivity index (χ1v) is 8.40. The molecule has 0 heterocycles. The van der Waals surface area contributed by atoms with Gasteiger partial charge in [-0.3, -0.25) is 30.9 Å². The molecule has 2 aromatic carbocycles. The molecule has 2 N–H and O–H groups in total. The number of aliphatic imine (C=N–C) groups is 1. The molecule has 0 aliphatic rings. The molecule has 16 heteroatoms. The third kappa shape index (κ3) is 5.61. The van der Waals surface area contributed by atoms with Crippen molar-refractivity contribution in [2.75, 3.05) is 0 Å². The Hall–Kier alpha value is -3.46. The molecule has 0 aliphatic heterocycles. The minimum atomic E-state index is -5.29. The number of alkyl halides is 6. The Morgan fingerprint density at radius 1 is 1.09 bits per heavy atom. The van der Waals surface area contributed by atoms with Crippen molar-refractivity contribution in [2.24, 2.45) is 4.99 Å². The minimum Gasteiger partial charge on any atom is -0.290 e. The molecule has 0 fully saturated rings. The summed E-state index contributed by atoms with van der Waals surface area (Å²) in [6, 6.07) is 4.03. The van der Waals surface area contributed by atoms with Gasteiger partial charge in [0.1, 0.15) is 5.02 Å². The molecule has 0 unspecified atom stereocenters. The van der Waals surface area contributed by atoms with Crippen LogP contribution in [0.15, 0.2) is 35.3 Å². The first-order chi connectivity index (χ1) is 14.7. The van der Waals surface area contributed by atoms with Crippen molar-refractivity contribution in [3.63, 3.8) is 0 Å². The lowest BCUT2D eigenvalue weighted by atomic mass is 10.1. The Labute approximate surface area is 178 Å². The third-order valence-corrected chi connectivity index (χ3v) is 4.19. The first-order valence-electron chi connectivity index (χ1n) is 8.03. The van der Waals surface area contributed by atoms with E-state index in [0.29, 0.717) is 0 Å². The van der Waals surface area contributed by atoms with E-state index in [0.717, 1.165) is 24.3 Å². The van der Waals surface area contributed by atoms with Crippen molar-refractivity contribution in [3.8, 4) is 0 Å². The third-order valence-electron chi connectivity index (χ3n) is 3.81. The van der Waals surface area contributed by atoms with Crippen LogP contribution in [0.1, 0.15) is 16.7 Å². The summed E-state index contributed by atoms with van der Waals surface area (Å²) in [5, 5.41) is 30.5. The van der Waals surface area contributed by atoms with Crippen LogP contribution in [-0.4, -0.2) is 27.1 Å². The quantitative estimate of drug-likeness (QED) is 0.193. The Morgan fingerprint density at radius 2 is 1.72 bits per heavy atom. The number of benzene rings is 2. The summed E-state index contributed by atoms with van der Waals surface area (Å²) in [4.78, 5) is 23.3. The second-order valence-corrected chi connectivity index (χ2v) is 6.41. The van der Waals surface area contributed by atoms with E-state index >= 15 is 0 Å². The van der Waals surface area contributed by atoms with E-state index in [2.05, 4.69) is 4.99 Å². The molecule has 172 valence electrons. The Morgan fingerprint density at radius 3 is 2.19 bits per heavy atom. The van der Waals surface area contributed by atoms with Gasteiger partial charge in [-0.2, -0.15) is 26.3 Å². The molecule has 2 aromatic rings. The van der Waals surface area contributed by atoms with Gasteiger partial charge in [0.2, 0.25) is 5.69 Å². The zero-order valence-corrected chi connectivity index (χ0v) is 15.9. The molecule has 0 saturated carbocycles. The van der Waals surface area contributed by atoms with Gasteiger partial charge >= 0.3 is 23.7 Å². The van der Waals surface area contributed by atoms with Gasteiger partial charge in [0, 0.05) is 11.6 Å². The lowest BCUT2D eigenvalue weighted by Gasteiger charge is -2.12. The van der Waals surface area contributed by atoms with Gasteiger partial charge in [0.05, 0.1) is 21.8 Å². The van der Waals surface area contributed by atoms with Crippen LogP contribution >= 0.6 is 11.6 Å². The average Bonchev–Trinajstić information content (AvgIpc) is 2.63. The Kier molecular flexibility index (Phi) is 6.94. The predicted molar refractivity (Wildman–Crippen MR) is 97.1 cm³/mol. The zero-order chi connectivity index (χ0) is 24.4. The highest BCUT2D eigenvalue weighted by atomic mass is 35.5. The summed E-state index contributed by atoms with van der Waals surface area (Å²) >= 11 is 5.48. The van der Waals surface area contributed by atoms with Crippen molar-refractivity contribution in [3.05, 3.63) is 72.3 Å². The number of hydroxylamine groups is 1. The molecule has 0 saturated heterocycles. The highest BCUT2D eigenvalue weighted by molar-refractivity contribution is 6.34. The van der Waals surface area contributed by atoms with E-state index in [-0.39, 0.29) is 17.2 Å². The fourth-order valence-electron chi connectivity index (χ4n) is 2.57. The summed E-state index contributed by atoms with van der Waals surface area (Å²) in [6.07, 6.45) is -11.3. The van der Waals surface area contributed by atoms with Crippen molar-refractivity contribution >= 4 is 34.5 Å². The molecule has 9 nitrogen and oxygen atoms in total.